The van der Waals surface area contributed by atoms with Crippen molar-refractivity contribution in [1.82, 2.24) is 0 Å². The highest BCUT2D eigenvalue weighted by Crippen LogP contribution is 2.23. The summed E-state index contributed by atoms with van der Waals surface area (Å²) in [7, 11) is 0. The maximum absolute atomic E-state index is 9.08. The Morgan fingerprint density at radius 3 is 2.10 bits per heavy atom. The molecule has 31 heavy (non-hydrogen) atoms. The molecule has 0 radical (unpaired) electrons. The number of benzene rings is 3. The van der Waals surface area contributed by atoms with Crippen molar-refractivity contribution in [3.63, 3.8) is 0 Å². The van der Waals surface area contributed by atoms with Crippen molar-refractivity contribution in [3.05, 3.63) is 84.4 Å². The molecule has 3 aromatic carbocycles. The first kappa shape index (κ1) is 22.4. The molecule has 0 saturated carbocycles. The van der Waals surface area contributed by atoms with E-state index < -0.39 is 6.29 Å². The molecule has 2 atom stereocenters. The van der Waals surface area contributed by atoms with Crippen LogP contribution in [0.2, 0.25) is 0 Å². The lowest BCUT2D eigenvalue weighted by molar-refractivity contribution is -0.0830. The second-order valence-electron chi connectivity index (χ2n) is 7.40. The number of nitriles is 1. The van der Waals surface area contributed by atoms with Gasteiger partial charge >= 0.3 is 0 Å². The van der Waals surface area contributed by atoms with E-state index in [2.05, 4.69) is 44.2 Å². The Labute approximate surface area is 185 Å². The van der Waals surface area contributed by atoms with E-state index in [1.165, 1.54) is 11.1 Å². The van der Waals surface area contributed by atoms with Crippen LogP contribution in [0.1, 0.15) is 38.2 Å². The molecule has 4 heteroatoms. The van der Waals surface area contributed by atoms with Crippen molar-refractivity contribution in [1.29, 1.82) is 5.26 Å². The van der Waals surface area contributed by atoms with Crippen molar-refractivity contribution < 1.29 is 14.2 Å². The first-order valence-electron chi connectivity index (χ1n) is 10.7. The van der Waals surface area contributed by atoms with E-state index >= 15 is 0 Å². The minimum absolute atomic E-state index is 0.152. The third-order valence-corrected chi connectivity index (χ3v) is 5.20. The summed E-state index contributed by atoms with van der Waals surface area (Å²) in [6, 6.07) is 28.3. The zero-order valence-corrected chi connectivity index (χ0v) is 18.2. The predicted molar refractivity (Wildman–Crippen MR) is 123 cm³/mol. The molecule has 160 valence electrons. The van der Waals surface area contributed by atoms with Gasteiger partial charge in [-0.05, 0) is 53.3 Å². The second-order valence-corrected chi connectivity index (χ2v) is 7.40. The van der Waals surface area contributed by atoms with Crippen LogP contribution >= 0.6 is 0 Å². The molecule has 0 saturated heterocycles. The zero-order valence-electron chi connectivity index (χ0n) is 18.2. The van der Waals surface area contributed by atoms with E-state index in [-0.39, 0.29) is 6.42 Å². The Morgan fingerprint density at radius 1 is 0.806 bits per heavy atom. The second kappa shape index (κ2) is 11.8. The molecule has 0 amide bonds. The first-order chi connectivity index (χ1) is 15.2. The number of rotatable bonds is 11. The SMILES string of the molecule is CCC(C)c1ccc(OC(CC#N)OCCOc2ccc(-c3ccccc3)cc2)cc1. The summed E-state index contributed by atoms with van der Waals surface area (Å²) in [5.74, 6) is 1.99. The molecule has 4 nitrogen and oxygen atoms in total. The van der Waals surface area contributed by atoms with E-state index in [0.29, 0.717) is 24.9 Å². The van der Waals surface area contributed by atoms with Crippen LogP contribution in [0.5, 0.6) is 11.5 Å². The van der Waals surface area contributed by atoms with Gasteiger partial charge in [0.2, 0.25) is 6.29 Å². The molecule has 3 rings (SSSR count). The van der Waals surface area contributed by atoms with Gasteiger partial charge in [-0.1, -0.05) is 68.4 Å². The summed E-state index contributed by atoms with van der Waals surface area (Å²) in [6.07, 6.45) is 0.623. The zero-order chi connectivity index (χ0) is 21.9. The van der Waals surface area contributed by atoms with Crippen LogP contribution in [-0.4, -0.2) is 19.5 Å². The van der Waals surface area contributed by atoms with Gasteiger partial charge in [0.1, 0.15) is 18.1 Å². The van der Waals surface area contributed by atoms with Gasteiger partial charge in [-0.25, -0.2) is 0 Å². The summed E-state index contributed by atoms with van der Waals surface area (Å²) in [5, 5.41) is 9.08. The van der Waals surface area contributed by atoms with Gasteiger partial charge in [0.05, 0.1) is 19.1 Å². The third-order valence-electron chi connectivity index (χ3n) is 5.20. The molecule has 0 N–H and O–H groups in total. The quantitative estimate of drug-likeness (QED) is 0.262. The highest BCUT2D eigenvalue weighted by atomic mass is 16.7. The Balaban J connectivity index is 1.45. The molecule has 0 aromatic heterocycles. The Bertz CT molecular complexity index is 947. The molecule has 0 aliphatic carbocycles. The van der Waals surface area contributed by atoms with Crippen molar-refractivity contribution in [2.45, 2.75) is 38.9 Å². The molecule has 0 fully saturated rings. The molecular formula is C27H29NO3. The summed E-state index contributed by atoms with van der Waals surface area (Å²) >= 11 is 0. The molecule has 0 bridgehead atoms. The molecule has 0 heterocycles. The topological polar surface area (TPSA) is 51.5 Å². The van der Waals surface area contributed by atoms with Gasteiger partial charge in [0, 0.05) is 0 Å². The predicted octanol–water partition coefficient (Wildman–Crippen LogP) is 6.58. The maximum Gasteiger partial charge on any atom is 0.213 e. The Kier molecular flexibility index (Phi) is 8.51. The van der Waals surface area contributed by atoms with E-state index in [0.717, 1.165) is 17.7 Å². The van der Waals surface area contributed by atoms with Crippen LogP contribution in [0, 0.1) is 11.3 Å². The lowest BCUT2D eigenvalue weighted by Crippen LogP contribution is -2.23. The minimum atomic E-state index is -0.622. The molecule has 0 spiro atoms. The average molecular weight is 416 g/mol. The fourth-order valence-electron chi connectivity index (χ4n) is 3.18. The number of hydrogen-bond acceptors (Lipinski definition) is 4. The summed E-state index contributed by atoms with van der Waals surface area (Å²) in [6.45, 7) is 5.08. The van der Waals surface area contributed by atoms with Gasteiger partial charge in [0.15, 0.2) is 0 Å². The largest absolute Gasteiger partial charge is 0.491 e. The molecule has 2 unspecified atom stereocenters. The standard InChI is InChI=1S/C27H29NO3/c1-3-21(2)22-9-15-26(16-10-22)31-27(17-18-28)30-20-19-29-25-13-11-24(12-14-25)23-7-5-4-6-8-23/h4-16,21,27H,3,17,19-20H2,1-2H3. The monoisotopic (exact) mass is 415 g/mol. The highest BCUT2D eigenvalue weighted by Gasteiger charge is 2.11. The van der Waals surface area contributed by atoms with E-state index in [4.69, 9.17) is 19.5 Å². The van der Waals surface area contributed by atoms with Gasteiger partial charge in [0.25, 0.3) is 0 Å². The van der Waals surface area contributed by atoms with Crippen LogP contribution in [0.15, 0.2) is 78.9 Å². The van der Waals surface area contributed by atoms with Gasteiger partial charge in [-0.2, -0.15) is 5.26 Å². The van der Waals surface area contributed by atoms with Crippen molar-refractivity contribution in [3.8, 4) is 28.7 Å². The van der Waals surface area contributed by atoms with Gasteiger partial charge in [-0.15, -0.1) is 0 Å². The molecular weight excluding hydrogens is 386 g/mol. The van der Waals surface area contributed by atoms with Gasteiger partial charge in [-0.3, -0.25) is 0 Å². The fourth-order valence-corrected chi connectivity index (χ4v) is 3.18. The number of hydrogen-bond donors (Lipinski definition) is 0. The number of ether oxygens (including phenoxy) is 3. The summed E-state index contributed by atoms with van der Waals surface area (Å²) < 4.78 is 17.3. The Hall–Kier alpha value is -3.29. The summed E-state index contributed by atoms with van der Waals surface area (Å²) in [4.78, 5) is 0. The lowest BCUT2D eigenvalue weighted by Gasteiger charge is -2.18. The normalized spacial score (nSPS) is 12.5. The molecule has 0 aliphatic heterocycles. The van der Waals surface area contributed by atoms with Crippen molar-refractivity contribution >= 4 is 0 Å². The summed E-state index contributed by atoms with van der Waals surface area (Å²) in [5.41, 5.74) is 3.59. The first-order valence-corrected chi connectivity index (χ1v) is 10.7. The average Bonchev–Trinajstić information content (AvgIpc) is 2.83. The van der Waals surface area contributed by atoms with Crippen molar-refractivity contribution in [2.24, 2.45) is 0 Å². The van der Waals surface area contributed by atoms with Crippen LogP contribution in [0.3, 0.4) is 0 Å². The maximum atomic E-state index is 9.08. The molecule has 0 aliphatic rings. The molecule has 3 aromatic rings. The minimum Gasteiger partial charge on any atom is -0.491 e. The van der Waals surface area contributed by atoms with Crippen LogP contribution in [0.4, 0.5) is 0 Å². The smallest absolute Gasteiger partial charge is 0.213 e. The highest BCUT2D eigenvalue weighted by molar-refractivity contribution is 5.63. The fraction of sp³-hybridized carbons (Fsp3) is 0.296. The van der Waals surface area contributed by atoms with E-state index in [1.54, 1.807) is 0 Å². The van der Waals surface area contributed by atoms with Crippen LogP contribution < -0.4 is 9.47 Å². The van der Waals surface area contributed by atoms with E-state index in [1.807, 2.05) is 54.6 Å². The lowest BCUT2D eigenvalue weighted by atomic mass is 9.99. The van der Waals surface area contributed by atoms with Crippen LogP contribution in [0.25, 0.3) is 11.1 Å². The van der Waals surface area contributed by atoms with Gasteiger partial charge < -0.3 is 14.2 Å². The third kappa shape index (κ3) is 6.87. The number of nitrogens with zero attached hydrogens (tertiary/aromatic N) is 1. The Morgan fingerprint density at radius 2 is 1.45 bits per heavy atom. The van der Waals surface area contributed by atoms with Crippen LogP contribution in [-0.2, 0) is 4.74 Å². The van der Waals surface area contributed by atoms with Crippen molar-refractivity contribution in [2.75, 3.05) is 13.2 Å². The van der Waals surface area contributed by atoms with E-state index in [9.17, 15) is 0 Å².